The molecule has 0 aliphatic heterocycles. The Morgan fingerprint density at radius 1 is 1.12 bits per heavy atom. The summed E-state index contributed by atoms with van der Waals surface area (Å²) in [5, 5.41) is 8.81. The molecule has 3 nitrogen and oxygen atoms in total. The molecule has 0 saturated heterocycles. The van der Waals surface area contributed by atoms with E-state index in [2.05, 4.69) is 36.6 Å². The lowest BCUT2D eigenvalue weighted by Crippen LogP contribution is -2.05. The van der Waals surface area contributed by atoms with Gasteiger partial charge in [-0.05, 0) is 61.2 Å². The van der Waals surface area contributed by atoms with E-state index in [9.17, 15) is 4.39 Å². The molecule has 24 heavy (non-hydrogen) atoms. The lowest BCUT2D eigenvalue weighted by Gasteiger charge is -2.09. The van der Waals surface area contributed by atoms with Gasteiger partial charge in [0, 0.05) is 19.4 Å². The van der Waals surface area contributed by atoms with Gasteiger partial charge in [-0.1, -0.05) is 12.1 Å². The Bertz CT molecular complexity index is 901. The van der Waals surface area contributed by atoms with Gasteiger partial charge < -0.3 is 4.57 Å². The normalized spacial score (nSPS) is 10.9. The van der Waals surface area contributed by atoms with Crippen LogP contribution in [0.4, 0.5) is 4.39 Å². The first-order valence-electron chi connectivity index (χ1n) is 8.16. The predicted molar refractivity (Wildman–Crippen MR) is 93.3 cm³/mol. The average Bonchev–Trinajstić information content (AvgIpc) is 2.87. The second kappa shape index (κ2) is 6.84. The van der Waals surface area contributed by atoms with E-state index in [4.69, 9.17) is 10.2 Å². The molecule has 0 spiro atoms. The Kier molecular flexibility index (Phi) is 4.61. The van der Waals surface area contributed by atoms with Crippen LogP contribution in [-0.4, -0.2) is 9.55 Å². The maximum absolute atomic E-state index is 13.1. The van der Waals surface area contributed by atoms with Gasteiger partial charge in [0.15, 0.2) is 0 Å². The predicted octanol–water partition coefficient (Wildman–Crippen LogP) is 4.69. The number of fused-ring (bicyclic) bond motifs is 1. The molecule has 0 N–H and O–H groups in total. The van der Waals surface area contributed by atoms with E-state index < -0.39 is 0 Å². The van der Waals surface area contributed by atoms with Crippen LogP contribution in [0.15, 0.2) is 36.4 Å². The maximum atomic E-state index is 13.1. The quantitative estimate of drug-likeness (QED) is 0.640. The molecule has 3 rings (SSSR count). The third-order valence-corrected chi connectivity index (χ3v) is 4.39. The molecule has 0 unspecified atom stereocenters. The molecule has 0 aliphatic rings. The molecule has 0 saturated carbocycles. The van der Waals surface area contributed by atoms with Crippen LogP contribution < -0.4 is 0 Å². The number of imidazole rings is 1. The number of halogens is 1. The van der Waals surface area contributed by atoms with Gasteiger partial charge in [0.05, 0.1) is 17.1 Å². The van der Waals surface area contributed by atoms with Gasteiger partial charge in [-0.15, -0.1) is 0 Å². The van der Waals surface area contributed by atoms with Gasteiger partial charge in [0.1, 0.15) is 11.6 Å². The van der Waals surface area contributed by atoms with E-state index >= 15 is 0 Å². The second-order valence-electron chi connectivity index (χ2n) is 6.17. The summed E-state index contributed by atoms with van der Waals surface area (Å²) in [6, 6.07) is 13.0. The van der Waals surface area contributed by atoms with Crippen molar-refractivity contribution in [3.05, 3.63) is 64.7 Å². The van der Waals surface area contributed by atoms with E-state index in [0.717, 1.165) is 35.4 Å². The van der Waals surface area contributed by atoms with Crippen LogP contribution in [0, 0.1) is 31.0 Å². The molecule has 1 aromatic heterocycles. The van der Waals surface area contributed by atoms with Crippen molar-refractivity contribution in [1.29, 1.82) is 5.26 Å². The molecule has 0 amide bonds. The SMILES string of the molecule is Cc1cc2nc(Cc3ccc(F)cc3)n(CCCC#N)c2cc1C. The summed E-state index contributed by atoms with van der Waals surface area (Å²) in [5.74, 6) is 0.729. The molecule has 0 atom stereocenters. The highest BCUT2D eigenvalue weighted by Crippen LogP contribution is 2.23. The Hall–Kier alpha value is -2.67. The summed E-state index contributed by atoms with van der Waals surface area (Å²) in [5.41, 5.74) is 5.57. The standard InChI is InChI=1S/C20H20FN3/c1-14-11-18-19(12-15(14)2)24(10-4-3-9-22)20(23-18)13-16-5-7-17(21)8-6-16/h5-8,11-12H,3-4,10,13H2,1-2H3. The Balaban J connectivity index is 2.02. The van der Waals surface area contributed by atoms with Gasteiger partial charge in [0.25, 0.3) is 0 Å². The topological polar surface area (TPSA) is 41.6 Å². The third kappa shape index (κ3) is 3.30. The molecular weight excluding hydrogens is 301 g/mol. The highest BCUT2D eigenvalue weighted by atomic mass is 19.1. The average molecular weight is 321 g/mol. The molecule has 3 aromatic rings. The van der Waals surface area contributed by atoms with Crippen LogP contribution in [0.1, 0.15) is 35.4 Å². The molecule has 4 heteroatoms. The van der Waals surface area contributed by atoms with Crippen LogP contribution in [-0.2, 0) is 13.0 Å². The minimum absolute atomic E-state index is 0.229. The number of hydrogen-bond acceptors (Lipinski definition) is 2. The summed E-state index contributed by atoms with van der Waals surface area (Å²) >= 11 is 0. The zero-order chi connectivity index (χ0) is 17.1. The summed E-state index contributed by atoms with van der Waals surface area (Å²) in [6.07, 6.45) is 1.98. The van der Waals surface area contributed by atoms with Crippen molar-refractivity contribution < 1.29 is 4.39 Å². The Labute approximate surface area is 141 Å². The fourth-order valence-electron chi connectivity index (χ4n) is 2.92. The van der Waals surface area contributed by atoms with E-state index in [-0.39, 0.29) is 5.82 Å². The van der Waals surface area contributed by atoms with Crippen LogP contribution in [0.5, 0.6) is 0 Å². The van der Waals surface area contributed by atoms with Crippen LogP contribution in [0.2, 0.25) is 0 Å². The molecule has 2 aromatic carbocycles. The minimum Gasteiger partial charge on any atom is -0.328 e. The van der Waals surface area contributed by atoms with Gasteiger partial charge in [0.2, 0.25) is 0 Å². The molecular formula is C20H20FN3. The van der Waals surface area contributed by atoms with Crippen LogP contribution in [0.25, 0.3) is 11.0 Å². The van der Waals surface area contributed by atoms with Crippen molar-refractivity contribution in [2.24, 2.45) is 0 Å². The van der Waals surface area contributed by atoms with Crippen molar-refractivity contribution in [2.45, 2.75) is 39.7 Å². The smallest absolute Gasteiger partial charge is 0.123 e. The fraction of sp³-hybridized carbons (Fsp3) is 0.300. The first-order chi connectivity index (χ1) is 11.6. The van der Waals surface area contributed by atoms with E-state index in [1.165, 1.54) is 23.3 Å². The minimum atomic E-state index is -0.229. The molecule has 0 fully saturated rings. The van der Waals surface area contributed by atoms with Crippen molar-refractivity contribution in [3.63, 3.8) is 0 Å². The lowest BCUT2D eigenvalue weighted by atomic mass is 10.1. The molecule has 0 aliphatic carbocycles. The van der Waals surface area contributed by atoms with Gasteiger partial charge in [-0.2, -0.15) is 5.26 Å². The first-order valence-corrected chi connectivity index (χ1v) is 8.16. The number of benzene rings is 2. The highest BCUT2D eigenvalue weighted by Gasteiger charge is 2.12. The van der Waals surface area contributed by atoms with E-state index in [1.54, 1.807) is 12.1 Å². The number of hydrogen-bond donors (Lipinski definition) is 0. The number of unbranched alkanes of at least 4 members (excludes halogenated alkanes) is 1. The number of nitriles is 1. The fourth-order valence-corrected chi connectivity index (χ4v) is 2.92. The van der Waals surface area contributed by atoms with Crippen molar-refractivity contribution >= 4 is 11.0 Å². The molecule has 0 bridgehead atoms. The van der Waals surface area contributed by atoms with Crippen molar-refractivity contribution in [3.8, 4) is 6.07 Å². The lowest BCUT2D eigenvalue weighted by molar-refractivity contribution is 0.625. The molecule has 0 radical (unpaired) electrons. The number of rotatable bonds is 5. The summed E-state index contributed by atoms with van der Waals surface area (Å²) in [6.45, 7) is 4.95. The van der Waals surface area contributed by atoms with Crippen LogP contribution in [0.3, 0.4) is 0 Å². The first kappa shape index (κ1) is 16.2. The monoisotopic (exact) mass is 321 g/mol. The largest absolute Gasteiger partial charge is 0.328 e. The third-order valence-electron chi connectivity index (χ3n) is 4.39. The number of aromatic nitrogens is 2. The van der Waals surface area contributed by atoms with Crippen LogP contribution >= 0.6 is 0 Å². The number of aryl methyl sites for hydroxylation is 3. The second-order valence-corrected chi connectivity index (χ2v) is 6.17. The van der Waals surface area contributed by atoms with E-state index in [0.29, 0.717) is 12.8 Å². The zero-order valence-electron chi connectivity index (χ0n) is 14.0. The molecule has 1 heterocycles. The summed E-state index contributed by atoms with van der Waals surface area (Å²) in [4.78, 5) is 4.80. The maximum Gasteiger partial charge on any atom is 0.123 e. The van der Waals surface area contributed by atoms with Crippen molar-refractivity contribution in [2.75, 3.05) is 0 Å². The zero-order valence-corrected chi connectivity index (χ0v) is 14.0. The van der Waals surface area contributed by atoms with Crippen molar-refractivity contribution in [1.82, 2.24) is 9.55 Å². The van der Waals surface area contributed by atoms with Gasteiger partial charge in [-0.3, -0.25) is 0 Å². The highest BCUT2D eigenvalue weighted by molar-refractivity contribution is 5.78. The van der Waals surface area contributed by atoms with Gasteiger partial charge >= 0.3 is 0 Å². The number of nitrogens with zero attached hydrogens (tertiary/aromatic N) is 3. The summed E-state index contributed by atoms with van der Waals surface area (Å²) < 4.78 is 15.3. The van der Waals surface area contributed by atoms with Gasteiger partial charge in [-0.25, -0.2) is 9.37 Å². The summed E-state index contributed by atoms with van der Waals surface area (Å²) in [7, 11) is 0. The Morgan fingerprint density at radius 3 is 2.54 bits per heavy atom. The van der Waals surface area contributed by atoms with E-state index in [1.807, 2.05) is 0 Å². The Morgan fingerprint density at radius 2 is 1.83 bits per heavy atom. The molecule has 122 valence electrons.